The average molecular weight is 1900 g/mol. The topological polar surface area (TPSA) is 395 Å². The number of pyridine rings is 4. The molecule has 127 heavy (non-hydrogen) atoms. The molecule has 12 rings (SSSR count). The summed E-state index contributed by atoms with van der Waals surface area (Å²) in [6.07, 6.45) is 12.1. The molecule has 3 aliphatic heterocycles. The van der Waals surface area contributed by atoms with E-state index >= 15 is 0 Å². The largest absolute Gasteiger partial charge is 0.497 e. The number of ether oxygens (including phenoxy) is 8. The number of benzene rings is 5. The second-order valence-electron chi connectivity index (χ2n) is 29.3. The molecule has 31 nitrogen and oxygen atoms in total. The van der Waals surface area contributed by atoms with Crippen molar-refractivity contribution in [3.8, 4) is 23.0 Å². The minimum Gasteiger partial charge on any atom is -0.497 e. The van der Waals surface area contributed by atoms with Gasteiger partial charge in [0.05, 0.1) is 87.5 Å². The zero-order valence-electron chi connectivity index (χ0n) is 72.6. The number of hydrogen-bond acceptors (Lipinski definition) is 27. The van der Waals surface area contributed by atoms with E-state index < -0.39 is 17.5 Å². The number of carboxylic acid groups (broad SMARTS) is 1. The van der Waals surface area contributed by atoms with Gasteiger partial charge in [0.2, 0.25) is 17.7 Å². The lowest BCUT2D eigenvalue weighted by Crippen LogP contribution is -2.30. The van der Waals surface area contributed by atoms with Crippen LogP contribution in [0.4, 0.5) is 23.3 Å². The Morgan fingerprint density at radius 2 is 0.890 bits per heavy atom. The summed E-state index contributed by atoms with van der Waals surface area (Å²) < 4.78 is 41.9. The summed E-state index contributed by atoms with van der Waals surface area (Å²) in [5.74, 6) is 2.91. The number of halogens is 3. The number of amides is 3. The van der Waals surface area contributed by atoms with Crippen LogP contribution < -0.4 is 51.7 Å². The van der Waals surface area contributed by atoms with Gasteiger partial charge in [-0.25, -0.2) is 29.5 Å². The number of esters is 4. The van der Waals surface area contributed by atoms with Crippen molar-refractivity contribution in [1.82, 2.24) is 44.9 Å². The van der Waals surface area contributed by atoms with Crippen LogP contribution in [0.3, 0.4) is 0 Å². The number of aliphatic carboxylic acids is 1. The molecule has 0 bridgehead atoms. The number of rotatable bonds is 28. The number of fused-ring (bicyclic) bond motifs is 3. The highest BCUT2D eigenvalue weighted by Gasteiger charge is 2.25. The zero-order valence-corrected chi connectivity index (χ0v) is 76.6. The van der Waals surface area contributed by atoms with Crippen molar-refractivity contribution in [2.45, 2.75) is 120 Å². The fourth-order valence-electron chi connectivity index (χ4n) is 12.3. The molecule has 34 heteroatoms. The zero-order chi connectivity index (χ0) is 90.8. The Kier molecular flexibility index (Phi) is 46.0. The lowest BCUT2D eigenvalue weighted by Gasteiger charge is -2.22. The highest BCUT2D eigenvalue weighted by Crippen LogP contribution is 2.28. The van der Waals surface area contributed by atoms with Crippen molar-refractivity contribution in [2.24, 2.45) is 5.73 Å². The maximum Gasteiger partial charge on any atom is 0.331 e. The summed E-state index contributed by atoms with van der Waals surface area (Å²) in [7, 11) is 6.54. The van der Waals surface area contributed by atoms with Gasteiger partial charge in [-0.05, 0) is 204 Å². The summed E-state index contributed by atoms with van der Waals surface area (Å²) in [6, 6.07) is 47.0. The van der Waals surface area contributed by atoms with Gasteiger partial charge in [0.15, 0.2) is 0 Å². The summed E-state index contributed by atoms with van der Waals surface area (Å²) in [5.41, 5.74) is 22.1. The number of carbonyl (C=O) groups excluding carboxylic acids is 7. The molecular weight excluding hydrogens is 1780 g/mol. The molecular formula is C93H115Br2ClN14O17. The first kappa shape index (κ1) is 105. The Balaban J connectivity index is 0.000000278. The van der Waals surface area contributed by atoms with Gasteiger partial charge < -0.3 is 75.7 Å². The molecule has 9 N–H and O–H groups in total. The third-order valence-electron chi connectivity index (χ3n) is 18.0. The monoisotopic (exact) mass is 1890 g/mol. The predicted octanol–water partition coefficient (Wildman–Crippen LogP) is 13.6. The first-order valence-electron chi connectivity index (χ1n) is 40.0. The minimum absolute atomic E-state index is 0. The molecule has 0 atom stereocenters. The van der Waals surface area contributed by atoms with Gasteiger partial charge in [0.1, 0.15) is 51.9 Å². The molecule has 0 radical (unpaired) electrons. The average Bonchev–Trinajstić information content (AvgIpc) is 1.73. The van der Waals surface area contributed by atoms with E-state index in [4.69, 9.17) is 49.7 Å². The highest BCUT2D eigenvalue weighted by atomic mass is 79.9. The van der Waals surface area contributed by atoms with E-state index in [1.165, 1.54) is 17.7 Å². The molecule has 0 spiro atoms. The first-order chi connectivity index (χ1) is 59.9. The van der Waals surface area contributed by atoms with E-state index in [1.54, 1.807) is 80.1 Å². The fourth-order valence-corrected chi connectivity index (χ4v) is 13.0. The first-order valence-corrected chi connectivity index (χ1v) is 41.6. The summed E-state index contributed by atoms with van der Waals surface area (Å²) in [4.78, 5) is 117. The Morgan fingerprint density at radius 1 is 0.512 bits per heavy atom. The number of nitrogens with one attached hydrogen (secondary N) is 4. The number of carbonyl (C=O) groups is 8. The molecule has 3 aliphatic rings. The van der Waals surface area contributed by atoms with Gasteiger partial charge >= 0.3 is 29.8 Å². The van der Waals surface area contributed by atoms with Gasteiger partial charge in [-0.15, -0.1) is 12.4 Å². The third kappa shape index (κ3) is 39.6. The van der Waals surface area contributed by atoms with Gasteiger partial charge in [0, 0.05) is 127 Å². The van der Waals surface area contributed by atoms with Gasteiger partial charge in [-0.3, -0.25) is 48.4 Å². The fraction of sp³-hybridized carbons (Fsp3) is 0.333. The molecule has 0 saturated heterocycles. The lowest BCUT2D eigenvalue weighted by atomic mass is 10.1. The molecule has 4 aromatic heterocycles. The quantitative estimate of drug-likeness (QED) is 0.0136. The number of aryl methyl sites for hydroxylation is 1. The molecule has 3 amide bonds. The maximum atomic E-state index is 12.3. The molecule has 9 aromatic rings. The molecule has 7 heterocycles. The number of nitrogens with zero attached hydrogens (tertiary/aromatic N) is 8. The SMILES string of the molecule is C.CCOC(=O)CN.CCOC(=O)CN(Cc1ccc(OC)cc1)Cc1cc(Br)cnc1N.CCOC(=O)CNCc1ccc(OC)cc1.COc1ccc(CN2CC(=O)Nc3ncc(/C=C/C(=O)OC(C)(C)C)cc3C2)cc1.COc1ccc(CN2CC(=O)Nc3ncc(Br)cc3C2)cc1.Cc1ccc(CN2CC(=O)Nc3ncc(/C=C/C(=O)O)cc3C2)cc1.Cl. The standard InChI is InChI=1S/C23H27N3O4.C19H19N3O3.C18H22BrN3O3.C16H16BrN3O2.C12H17NO3.C4H9NO2.CH4.ClH/c1-23(2,3)30-21(28)10-7-17-11-18-14-26(15-20(27)25-22(18)24-12-17)13-16-5-8-19(29-4)9-6-16;1-13-2-4-14(5-3-13)10-22-11-16-8-15(6-7-18(24)25)9-20-19(16)21-17(23)12-22;1-3-25-17(23)12-22(10-13-4-6-16(24-2)7-5-13)11-14-8-15(19)9-21-18(14)20;1-22-14-4-2-11(3-5-14)8-20-9-12-6-13(17)7-18-16(12)19-15(21)10-20;1-3-16-12(14)9-13-8-10-4-6-11(15-2)7-5-10;1-2-7-4(6)3-5;;/h5-12H,13-15H2,1-4H3,(H,24,25,27);2-9H,10-12H2,1H3,(H,24,25)(H,20,21,23);4-9H,3,10-12H2,1-2H3,(H2,20,21);2-7H,8-10H2,1H3,(H,18,19,21);4-7,13H,3,8-9H2,1-2H3;2-3,5H2,1H3;1H4;1H/b10-7+;7-6+;;;;;;. The maximum absolute atomic E-state index is 12.3. The molecule has 0 saturated carbocycles. The number of nitrogens with two attached hydrogens (primary N) is 2. The number of hydrogen-bond donors (Lipinski definition) is 7. The van der Waals surface area contributed by atoms with E-state index in [2.05, 4.69) is 107 Å². The summed E-state index contributed by atoms with van der Waals surface area (Å²) >= 11 is 6.83. The van der Waals surface area contributed by atoms with Crippen LogP contribution >= 0.6 is 44.3 Å². The number of carboxylic acids is 1. The van der Waals surface area contributed by atoms with Crippen LogP contribution in [0.15, 0.2) is 191 Å². The second-order valence-corrected chi connectivity index (χ2v) is 31.1. The van der Waals surface area contributed by atoms with Crippen molar-refractivity contribution in [2.75, 3.05) is 109 Å². The van der Waals surface area contributed by atoms with E-state index in [9.17, 15) is 38.4 Å². The molecule has 0 fully saturated rings. The molecule has 0 aliphatic carbocycles. The number of methoxy groups -OCH3 is 4. The Bertz CT molecular complexity index is 5070. The van der Waals surface area contributed by atoms with E-state index in [1.807, 2.05) is 164 Å². The second kappa shape index (κ2) is 55.4. The molecule has 0 unspecified atom stereocenters. The number of nitrogen functional groups attached to an aromatic ring is 1. The van der Waals surface area contributed by atoms with Crippen LogP contribution in [0.5, 0.6) is 23.0 Å². The van der Waals surface area contributed by atoms with Crippen molar-refractivity contribution in [1.29, 1.82) is 0 Å². The van der Waals surface area contributed by atoms with Crippen LogP contribution in [0, 0.1) is 6.92 Å². The lowest BCUT2D eigenvalue weighted by molar-refractivity contribution is -0.148. The van der Waals surface area contributed by atoms with E-state index in [-0.39, 0.29) is 88.2 Å². The Morgan fingerprint density at radius 3 is 1.30 bits per heavy atom. The Labute approximate surface area is 765 Å². The summed E-state index contributed by atoms with van der Waals surface area (Å²) in [6.45, 7) is 20.8. The Hall–Kier alpha value is -12.1. The van der Waals surface area contributed by atoms with E-state index in [0.717, 1.165) is 93.7 Å². The van der Waals surface area contributed by atoms with Crippen molar-refractivity contribution >= 4 is 127 Å². The van der Waals surface area contributed by atoms with Crippen LogP contribution in [0.1, 0.15) is 116 Å². The van der Waals surface area contributed by atoms with Crippen LogP contribution in [-0.4, -0.2) is 185 Å². The summed E-state index contributed by atoms with van der Waals surface area (Å²) in [5, 5.41) is 20.3. The molecule has 5 aromatic carbocycles. The van der Waals surface area contributed by atoms with Crippen LogP contribution in [-0.2, 0) is 116 Å². The van der Waals surface area contributed by atoms with Crippen molar-refractivity contribution in [3.05, 3.63) is 258 Å². The third-order valence-corrected chi connectivity index (χ3v) is 18.8. The number of anilines is 4. The van der Waals surface area contributed by atoms with Crippen LogP contribution in [0.25, 0.3) is 12.2 Å². The van der Waals surface area contributed by atoms with Crippen molar-refractivity contribution in [3.63, 3.8) is 0 Å². The highest BCUT2D eigenvalue weighted by molar-refractivity contribution is 9.10. The van der Waals surface area contributed by atoms with E-state index in [0.29, 0.717) is 114 Å². The van der Waals surface area contributed by atoms with Gasteiger partial charge in [-0.1, -0.05) is 85.8 Å². The molecule has 680 valence electrons. The van der Waals surface area contributed by atoms with Crippen molar-refractivity contribution < 1.29 is 81.4 Å². The smallest absolute Gasteiger partial charge is 0.331 e. The number of aromatic nitrogens is 4. The van der Waals surface area contributed by atoms with Gasteiger partial charge in [0.25, 0.3) is 0 Å². The van der Waals surface area contributed by atoms with Gasteiger partial charge in [-0.2, -0.15) is 0 Å². The predicted molar refractivity (Wildman–Crippen MR) is 498 cm³/mol. The normalized spacial score (nSPS) is 12.8. The minimum atomic E-state index is -1.01. The van der Waals surface area contributed by atoms with Crippen LogP contribution in [0.2, 0.25) is 0 Å².